The van der Waals surface area contributed by atoms with Crippen molar-refractivity contribution < 1.29 is 4.74 Å². The molecular formula is C18H25NOS. The van der Waals surface area contributed by atoms with Gasteiger partial charge in [0.25, 0.3) is 0 Å². The molecule has 3 heteroatoms. The standard InChI is InChI=1S/C18H25NOS/c1-5-7-13-20-17(6-2)18(19-15(3)4)21-14-16-11-9-8-10-12-16/h6,8-12H,2,5,7,13-14H2,1,3-4H3/b18-17-. The first-order chi connectivity index (χ1) is 10.2. The van der Waals surface area contributed by atoms with Gasteiger partial charge in [-0.25, -0.2) is 4.99 Å². The fourth-order valence-electron chi connectivity index (χ4n) is 1.62. The van der Waals surface area contributed by atoms with Crippen LogP contribution in [-0.2, 0) is 10.5 Å². The summed E-state index contributed by atoms with van der Waals surface area (Å²) < 4.78 is 5.82. The van der Waals surface area contributed by atoms with Crippen molar-refractivity contribution in [2.75, 3.05) is 6.61 Å². The van der Waals surface area contributed by atoms with Crippen molar-refractivity contribution in [2.24, 2.45) is 4.99 Å². The van der Waals surface area contributed by atoms with Crippen LogP contribution in [0.1, 0.15) is 39.2 Å². The second-order valence-electron chi connectivity index (χ2n) is 4.91. The smallest absolute Gasteiger partial charge is 0.150 e. The quantitative estimate of drug-likeness (QED) is 0.257. The monoisotopic (exact) mass is 303 g/mol. The maximum absolute atomic E-state index is 5.82. The van der Waals surface area contributed by atoms with Crippen molar-refractivity contribution in [1.29, 1.82) is 0 Å². The topological polar surface area (TPSA) is 21.6 Å². The number of unbranched alkanes of at least 4 members (excludes halogenated alkanes) is 1. The Balaban J connectivity index is 2.82. The zero-order chi connectivity index (χ0) is 15.5. The molecule has 0 atom stereocenters. The summed E-state index contributed by atoms with van der Waals surface area (Å²) in [4.78, 5) is 4.60. The van der Waals surface area contributed by atoms with Crippen LogP contribution in [0, 0.1) is 0 Å². The van der Waals surface area contributed by atoms with Crippen LogP contribution in [0.4, 0.5) is 0 Å². The predicted octanol–water partition coefficient (Wildman–Crippen LogP) is 5.57. The molecule has 0 aliphatic heterocycles. The molecule has 0 saturated carbocycles. The van der Waals surface area contributed by atoms with Crippen molar-refractivity contribution in [2.45, 2.75) is 39.4 Å². The SMILES string of the molecule is C=C/C(OCCCC)=C(\N=C(C)C)SCc1ccccc1. The van der Waals surface area contributed by atoms with Gasteiger partial charge in [-0.15, -0.1) is 0 Å². The maximum Gasteiger partial charge on any atom is 0.150 e. The molecule has 1 rings (SSSR count). The van der Waals surface area contributed by atoms with E-state index >= 15 is 0 Å². The first-order valence-corrected chi connectivity index (χ1v) is 8.34. The number of benzene rings is 1. The van der Waals surface area contributed by atoms with Gasteiger partial charge in [-0.05, 0) is 31.9 Å². The Kier molecular flexibility index (Phi) is 8.60. The van der Waals surface area contributed by atoms with Gasteiger partial charge in [0.1, 0.15) is 5.03 Å². The number of hydrogen-bond acceptors (Lipinski definition) is 3. The van der Waals surface area contributed by atoms with E-state index in [-0.39, 0.29) is 0 Å². The summed E-state index contributed by atoms with van der Waals surface area (Å²) in [6.07, 6.45) is 3.92. The lowest BCUT2D eigenvalue weighted by Crippen LogP contribution is -1.96. The second-order valence-corrected chi connectivity index (χ2v) is 5.87. The van der Waals surface area contributed by atoms with E-state index in [1.807, 2.05) is 19.9 Å². The highest BCUT2D eigenvalue weighted by Gasteiger charge is 2.06. The van der Waals surface area contributed by atoms with E-state index in [1.54, 1.807) is 17.8 Å². The summed E-state index contributed by atoms with van der Waals surface area (Å²) in [6.45, 7) is 10.7. The molecule has 114 valence electrons. The second kappa shape index (κ2) is 10.3. The molecule has 0 bridgehead atoms. The summed E-state index contributed by atoms with van der Waals surface area (Å²) in [5, 5.41) is 0.907. The molecule has 0 aliphatic rings. The van der Waals surface area contributed by atoms with Crippen LogP contribution in [-0.4, -0.2) is 12.3 Å². The Morgan fingerprint density at radius 2 is 2.00 bits per heavy atom. The molecule has 0 aromatic heterocycles. The number of rotatable bonds is 9. The lowest BCUT2D eigenvalue weighted by molar-refractivity contribution is 0.218. The van der Waals surface area contributed by atoms with Gasteiger partial charge in [-0.1, -0.05) is 62.0 Å². The normalized spacial score (nSPS) is 11.6. The fourth-order valence-corrected chi connectivity index (χ4v) is 2.65. The van der Waals surface area contributed by atoms with Crippen molar-refractivity contribution in [3.8, 4) is 0 Å². The highest BCUT2D eigenvalue weighted by molar-refractivity contribution is 8.02. The van der Waals surface area contributed by atoms with Crippen molar-refractivity contribution in [1.82, 2.24) is 0 Å². The largest absolute Gasteiger partial charge is 0.491 e. The fraction of sp³-hybridized carbons (Fsp3) is 0.389. The molecule has 0 fully saturated rings. The lowest BCUT2D eigenvalue weighted by Gasteiger charge is -2.11. The Hall–Kier alpha value is -1.48. The van der Waals surface area contributed by atoms with Crippen LogP contribution in [0.25, 0.3) is 0 Å². The van der Waals surface area contributed by atoms with E-state index in [9.17, 15) is 0 Å². The Bertz CT molecular complexity index is 487. The molecule has 0 unspecified atom stereocenters. The van der Waals surface area contributed by atoms with Crippen LogP contribution in [0.3, 0.4) is 0 Å². The van der Waals surface area contributed by atoms with E-state index in [1.165, 1.54) is 5.56 Å². The third-order valence-electron chi connectivity index (χ3n) is 2.70. The number of allylic oxidation sites excluding steroid dienone is 1. The van der Waals surface area contributed by atoms with Gasteiger partial charge >= 0.3 is 0 Å². The molecular weight excluding hydrogens is 278 g/mol. The molecule has 2 nitrogen and oxygen atoms in total. The number of hydrogen-bond donors (Lipinski definition) is 0. The van der Waals surface area contributed by atoms with Crippen molar-refractivity contribution in [3.63, 3.8) is 0 Å². The minimum Gasteiger partial charge on any atom is -0.491 e. The van der Waals surface area contributed by atoms with Crippen LogP contribution in [0.2, 0.25) is 0 Å². The summed E-state index contributed by atoms with van der Waals surface area (Å²) in [6, 6.07) is 10.4. The Morgan fingerprint density at radius 1 is 1.29 bits per heavy atom. The van der Waals surface area contributed by atoms with Gasteiger partial charge in [0, 0.05) is 11.5 Å². The zero-order valence-electron chi connectivity index (χ0n) is 13.3. The van der Waals surface area contributed by atoms with Crippen LogP contribution >= 0.6 is 11.8 Å². The molecule has 0 N–H and O–H groups in total. The van der Waals surface area contributed by atoms with Crippen LogP contribution < -0.4 is 0 Å². The van der Waals surface area contributed by atoms with Crippen molar-refractivity contribution >= 4 is 17.5 Å². The average Bonchev–Trinajstić information content (AvgIpc) is 2.49. The molecule has 0 saturated heterocycles. The van der Waals surface area contributed by atoms with Gasteiger partial charge in [0.15, 0.2) is 5.76 Å². The van der Waals surface area contributed by atoms with Gasteiger partial charge in [-0.2, -0.15) is 0 Å². The molecule has 21 heavy (non-hydrogen) atoms. The van der Waals surface area contributed by atoms with E-state index < -0.39 is 0 Å². The minimum atomic E-state index is 0.714. The van der Waals surface area contributed by atoms with E-state index in [4.69, 9.17) is 4.74 Å². The van der Waals surface area contributed by atoms with Gasteiger partial charge in [-0.3, -0.25) is 0 Å². The highest BCUT2D eigenvalue weighted by atomic mass is 32.2. The maximum atomic E-state index is 5.82. The first kappa shape index (κ1) is 17.6. The van der Waals surface area contributed by atoms with E-state index in [0.29, 0.717) is 6.61 Å². The third kappa shape index (κ3) is 7.19. The summed E-state index contributed by atoms with van der Waals surface area (Å²) in [7, 11) is 0. The molecule has 0 aliphatic carbocycles. The molecule has 1 aromatic carbocycles. The molecule has 1 aromatic rings. The molecule has 0 amide bonds. The van der Waals surface area contributed by atoms with E-state index in [2.05, 4.69) is 42.8 Å². The Labute approximate surface area is 133 Å². The highest BCUT2D eigenvalue weighted by Crippen LogP contribution is 2.27. The molecule has 0 radical (unpaired) electrons. The van der Waals surface area contributed by atoms with E-state index in [0.717, 1.165) is 35.1 Å². The first-order valence-electron chi connectivity index (χ1n) is 7.35. The number of nitrogens with zero attached hydrogens (tertiary/aromatic N) is 1. The molecule has 0 spiro atoms. The van der Waals surface area contributed by atoms with Crippen LogP contribution in [0.5, 0.6) is 0 Å². The molecule has 0 heterocycles. The van der Waals surface area contributed by atoms with Crippen molar-refractivity contribution in [3.05, 3.63) is 59.3 Å². The minimum absolute atomic E-state index is 0.714. The average molecular weight is 303 g/mol. The lowest BCUT2D eigenvalue weighted by atomic mass is 10.2. The summed E-state index contributed by atoms with van der Waals surface area (Å²) in [5.74, 6) is 1.66. The van der Waals surface area contributed by atoms with Gasteiger partial charge in [0.05, 0.1) is 6.61 Å². The van der Waals surface area contributed by atoms with Crippen LogP contribution in [0.15, 0.2) is 58.8 Å². The van der Waals surface area contributed by atoms with Gasteiger partial charge in [0.2, 0.25) is 0 Å². The summed E-state index contributed by atoms with van der Waals surface area (Å²) >= 11 is 1.69. The van der Waals surface area contributed by atoms with Gasteiger partial charge < -0.3 is 4.74 Å². The number of ether oxygens (including phenoxy) is 1. The zero-order valence-corrected chi connectivity index (χ0v) is 14.1. The third-order valence-corrected chi connectivity index (χ3v) is 3.74. The number of thioether (sulfide) groups is 1. The summed E-state index contributed by atoms with van der Waals surface area (Å²) in [5.41, 5.74) is 2.30. The number of aliphatic imine (C=N–C) groups is 1. The Morgan fingerprint density at radius 3 is 2.57 bits per heavy atom. The predicted molar refractivity (Wildman–Crippen MR) is 94.6 cm³/mol.